The zero-order valence-electron chi connectivity index (χ0n) is 16.3. The van der Waals surface area contributed by atoms with Crippen LogP contribution in [0.25, 0.3) is 11.1 Å². The van der Waals surface area contributed by atoms with Crippen LogP contribution in [0, 0.1) is 5.53 Å². The molecule has 4 rings (SSSR count). The molecular weight excluding hydrogens is 348 g/mol. The van der Waals surface area contributed by atoms with Gasteiger partial charge in [0.15, 0.2) is 0 Å². The molecule has 4 nitrogen and oxygen atoms in total. The van der Waals surface area contributed by atoms with Crippen molar-refractivity contribution in [2.75, 3.05) is 7.11 Å². The van der Waals surface area contributed by atoms with E-state index in [1.807, 2.05) is 30.3 Å². The summed E-state index contributed by atoms with van der Waals surface area (Å²) in [5.41, 5.74) is 13.9. The lowest BCUT2D eigenvalue weighted by Crippen LogP contribution is -2.07. The molecule has 0 bridgehead atoms. The molecule has 1 saturated carbocycles. The largest absolute Gasteiger partial charge is 0.496 e. The molecule has 0 atom stereocenters. The molecule has 2 aromatic rings. The fourth-order valence-electron chi connectivity index (χ4n) is 4.06. The standard InChI is InChI=1S/C24H26N2O2/c1-27-24-9-5-4-8-22(24)19-12-10-17(14-19)18-11-13-20(23(15-18)26-25)16-28-21-6-2-3-7-21/h4-5,8-11,13-15,21,25H,2-3,6-7,12,16H2,1H3. The number of nitrogens with zero attached hydrogens (tertiary/aromatic N) is 1. The van der Waals surface area contributed by atoms with Gasteiger partial charge < -0.3 is 9.47 Å². The van der Waals surface area contributed by atoms with Gasteiger partial charge in [0.05, 0.1) is 25.5 Å². The van der Waals surface area contributed by atoms with E-state index >= 15 is 0 Å². The van der Waals surface area contributed by atoms with E-state index in [0.717, 1.165) is 47.3 Å². The molecule has 2 aliphatic carbocycles. The minimum atomic E-state index is 0.363. The number of nitrogens with one attached hydrogen (secondary N) is 1. The van der Waals surface area contributed by atoms with Crippen LogP contribution in [0.5, 0.6) is 5.75 Å². The Morgan fingerprint density at radius 3 is 2.71 bits per heavy atom. The molecule has 1 N–H and O–H groups in total. The summed E-state index contributed by atoms with van der Waals surface area (Å²) < 4.78 is 11.5. The van der Waals surface area contributed by atoms with Gasteiger partial charge in [-0.2, -0.15) is 5.11 Å². The van der Waals surface area contributed by atoms with Gasteiger partial charge in [0.2, 0.25) is 0 Å². The maximum atomic E-state index is 7.59. The number of ether oxygens (including phenoxy) is 2. The van der Waals surface area contributed by atoms with Gasteiger partial charge in [-0.1, -0.05) is 55.3 Å². The Labute approximate surface area is 166 Å². The maximum absolute atomic E-state index is 7.59. The third kappa shape index (κ3) is 3.92. The van der Waals surface area contributed by atoms with Crippen LogP contribution in [0.2, 0.25) is 0 Å². The quantitative estimate of drug-likeness (QED) is 0.549. The third-order valence-corrected chi connectivity index (χ3v) is 5.64. The van der Waals surface area contributed by atoms with E-state index in [1.54, 1.807) is 7.11 Å². The summed E-state index contributed by atoms with van der Waals surface area (Å²) in [6.07, 6.45) is 10.5. The Morgan fingerprint density at radius 1 is 1.11 bits per heavy atom. The minimum Gasteiger partial charge on any atom is -0.496 e. The average Bonchev–Trinajstić information content (AvgIpc) is 3.44. The zero-order chi connectivity index (χ0) is 19.3. The molecule has 28 heavy (non-hydrogen) atoms. The highest BCUT2D eigenvalue weighted by atomic mass is 16.5. The second-order valence-corrected chi connectivity index (χ2v) is 7.41. The fourth-order valence-corrected chi connectivity index (χ4v) is 4.06. The number of para-hydroxylation sites is 1. The molecule has 2 aromatic carbocycles. The van der Waals surface area contributed by atoms with Gasteiger partial charge in [0.1, 0.15) is 5.75 Å². The molecule has 0 unspecified atom stereocenters. The molecule has 0 aliphatic heterocycles. The van der Waals surface area contributed by atoms with Crippen LogP contribution >= 0.6 is 0 Å². The van der Waals surface area contributed by atoms with Crippen LogP contribution in [0.1, 0.15) is 48.8 Å². The van der Waals surface area contributed by atoms with Crippen LogP contribution < -0.4 is 4.74 Å². The molecule has 0 spiro atoms. The SMILES string of the molecule is COc1ccccc1C1=CC(c2ccc(COC3CCCC3)c(N=N)c2)=CC1. The summed E-state index contributed by atoms with van der Waals surface area (Å²) in [7, 11) is 1.71. The summed E-state index contributed by atoms with van der Waals surface area (Å²) in [5.74, 6) is 0.893. The van der Waals surface area contributed by atoms with Gasteiger partial charge in [0, 0.05) is 11.1 Å². The number of rotatable bonds is 7. The first-order chi connectivity index (χ1) is 13.8. The topological polar surface area (TPSA) is 54.7 Å². The Hall–Kier alpha value is -2.72. The van der Waals surface area contributed by atoms with Crippen molar-refractivity contribution in [1.82, 2.24) is 0 Å². The molecule has 0 amide bonds. The second-order valence-electron chi connectivity index (χ2n) is 7.41. The Balaban J connectivity index is 1.52. The second kappa shape index (κ2) is 8.53. The highest BCUT2D eigenvalue weighted by Gasteiger charge is 2.17. The molecule has 0 heterocycles. The smallest absolute Gasteiger partial charge is 0.126 e. The zero-order valence-corrected chi connectivity index (χ0v) is 16.3. The van der Waals surface area contributed by atoms with Gasteiger partial charge in [-0.3, -0.25) is 0 Å². The predicted octanol–water partition coefficient (Wildman–Crippen LogP) is 6.69. The average molecular weight is 374 g/mol. The number of allylic oxidation sites excluding steroid dienone is 4. The normalized spacial score (nSPS) is 16.8. The molecule has 144 valence electrons. The van der Waals surface area contributed by atoms with Crippen molar-refractivity contribution in [2.24, 2.45) is 5.11 Å². The van der Waals surface area contributed by atoms with Crippen molar-refractivity contribution in [2.45, 2.75) is 44.8 Å². The summed E-state index contributed by atoms with van der Waals surface area (Å²) in [5, 5.41) is 3.75. The Morgan fingerprint density at radius 2 is 1.93 bits per heavy atom. The van der Waals surface area contributed by atoms with E-state index in [1.165, 1.54) is 18.4 Å². The molecule has 0 aromatic heterocycles. The molecule has 2 aliphatic rings. The van der Waals surface area contributed by atoms with Crippen LogP contribution in [-0.2, 0) is 11.3 Å². The predicted molar refractivity (Wildman–Crippen MR) is 112 cm³/mol. The highest BCUT2D eigenvalue weighted by molar-refractivity contribution is 5.91. The fraction of sp³-hybridized carbons (Fsp3) is 0.333. The lowest BCUT2D eigenvalue weighted by Gasteiger charge is -2.13. The number of benzene rings is 2. The summed E-state index contributed by atoms with van der Waals surface area (Å²) in [6.45, 7) is 0.532. The molecule has 1 fully saturated rings. The lowest BCUT2D eigenvalue weighted by molar-refractivity contribution is 0.0459. The minimum absolute atomic E-state index is 0.363. The highest BCUT2D eigenvalue weighted by Crippen LogP contribution is 2.37. The van der Waals surface area contributed by atoms with Gasteiger partial charge in [-0.15, -0.1) is 0 Å². The van der Waals surface area contributed by atoms with E-state index in [9.17, 15) is 0 Å². The molecule has 4 heteroatoms. The number of hydrogen-bond acceptors (Lipinski definition) is 4. The first kappa shape index (κ1) is 18.6. The van der Waals surface area contributed by atoms with Crippen molar-refractivity contribution < 1.29 is 9.47 Å². The van der Waals surface area contributed by atoms with Crippen molar-refractivity contribution in [3.63, 3.8) is 0 Å². The third-order valence-electron chi connectivity index (χ3n) is 5.64. The van der Waals surface area contributed by atoms with E-state index in [-0.39, 0.29) is 0 Å². The van der Waals surface area contributed by atoms with Crippen molar-refractivity contribution in [3.05, 3.63) is 71.3 Å². The summed E-state index contributed by atoms with van der Waals surface area (Å²) in [4.78, 5) is 0. The first-order valence-electron chi connectivity index (χ1n) is 9.95. The first-order valence-corrected chi connectivity index (χ1v) is 9.95. The summed E-state index contributed by atoms with van der Waals surface area (Å²) in [6, 6.07) is 14.3. The van der Waals surface area contributed by atoms with Crippen molar-refractivity contribution in [1.29, 1.82) is 5.53 Å². The van der Waals surface area contributed by atoms with Gasteiger partial charge in [0.25, 0.3) is 0 Å². The van der Waals surface area contributed by atoms with E-state index < -0.39 is 0 Å². The van der Waals surface area contributed by atoms with Crippen LogP contribution in [0.3, 0.4) is 0 Å². The van der Waals surface area contributed by atoms with Crippen molar-refractivity contribution in [3.8, 4) is 5.75 Å². The Bertz CT molecular complexity index is 924. The monoisotopic (exact) mass is 374 g/mol. The van der Waals surface area contributed by atoms with Crippen LogP contribution in [0.4, 0.5) is 5.69 Å². The van der Waals surface area contributed by atoms with Crippen LogP contribution in [0.15, 0.2) is 59.7 Å². The van der Waals surface area contributed by atoms with E-state index in [2.05, 4.69) is 29.4 Å². The summed E-state index contributed by atoms with van der Waals surface area (Å²) >= 11 is 0. The van der Waals surface area contributed by atoms with E-state index in [0.29, 0.717) is 18.4 Å². The molecule has 0 saturated heterocycles. The van der Waals surface area contributed by atoms with Crippen molar-refractivity contribution >= 4 is 16.8 Å². The lowest BCUT2D eigenvalue weighted by atomic mass is 10.0. The molecule has 0 radical (unpaired) electrons. The Kier molecular flexibility index (Phi) is 5.68. The maximum Gasteiger partial charge on any atom is 0.126 e. The van der Waals surface area contributed by atoms with Gasteiger partial charge in [-0.25, -0.2) is 5.53 Å². The molecular formula is C24H26N2O2. The van der Waals surface area contributed by atoms with Gasteiger partial charge in [-0.05, 0) is 48.1 Å². The van der Waals surface area contributed by atoms with Crippen LogP contribution in [-0.4, -0.2) is 13.2 Å². The van der Waals surface area contributed by atoms with Gasteiger partial charge >= 0.3 is 0 Å². The number of hydrogen-bond donors (Lipinski definition) is 1. The number of methoxy groups -OCH3 is 1. The van der Waals surface area contributed by atoms with E-state index in [4.69, 9.17) is 15.0 Å².